The Balaban J connectivity index is 0.00000133. The number of aromatic nitrogens is 1. The van der Waals surface area contributed by atoms with Crippen molar-refractivity contribution in [3.63, 3.8) is 0 Å². The average molecular weight is 460 g/mol. The van der Waals surface area contributed by atoms with Gasteiger partial charge in [-0.1, -0.05) is 44.2 Å². The third-order valence-electron chi connectivity index (χ3n) is 7.04. The normalized spacial score (nSPS) is 19.0. The average Bonchev–Trinajstić information content (AvgIpc) is 3.30. The number of rotatable bonds is 6. The summed E-state index contributed by atoms with van der Waals surface area (Å²) in [5.74, 6) is 0.957. The minimum atomic E-state index is -0.137. The van der Waals surface area contributed by atoms with E-state index in [4.69, 9.17) is 4.74 Å². The SMILES string of the molecule is CC.CCN(CC)C(=O)C1C=C2c3cccc4[nH]cc(c34)CC2N(Cc2cccc(OC)c2)C1. The molecule has 5 rings (SSSR count). The number of fused-ring (bicyclic) bond motifs is 2. The van der Waals surface area contributed by atoms with Gasteiger partial charge in [-0.05, 0) is 60.7 Å². The molecule has 2 aromatic carbocycles. The number of methoxy groups -OCH3 is 1. The molecule has 0 radical (unpaired) electrons. The number of benzene rings is 2. The van der Waals surface area contributed by atoms with Crippen molar-refractivity contribution in [2.45, 2.75) is 46.7 Å². The fraction of sp³-hybridized carbons (Fsp3) is 0.414. The highest BCUT2D eigenvalue weighted by atomic mass is 16.5. The highest BCUT2D eigenvalue weighted by Gasteiger charge is 2.38. The van der Waals surface area contributed by atoms with Crippen LogP contribution in [0, 0.1) is 5.92 Å². The molecule has 2 aliphatic rings. The summed E-state index contributed by atoms with van der Waals surface area (Å²) in [6.45, 7) is 11.1. The first-order chi connectivity index (χ1) is 16.6. The Morgan fingerprint density at radius 1 is 1.15 bits per heavy atom. The molecule has 5 nitrogen and oxygen atoms in total. The lowest BCUT2D eigenvalue weighted by molar-refractivity contribution is -0.134. The van der Waals surface area contributed by atoms with Crippen molar-refractivity contribution in [2.24, 2.45) is 5.92 Å². The molecule has 180 valence electrons. The van der Waals surface area contributed by atoms with Crippen LogP contribution in [0.25, 0.3) is 16.5 Å². The van der Waals surface area contributed by atoms with E-state index in [1.54, 1.807) is 7.11 Å². The summed E-state index contributed by atoms with van der Waals surface area (Å²) < 4.78 is 5.45. The summed E-state index contributed by atoms with van der Waals surface area (Å²) in [7, 11) is 1.70. The second-order valence-corrected chi connectivity index (χ2v) is 8.78. The lowest BCUT2D eigenvalue weighted by Crippen LogP contribution is -2.48. The number of nitrogens with one attached hydrogen (secondary N) is 1. The van der Waals surface area contributed by atoms with Crippen molar-refractivity contribution in [1.29, 1.82) is 0 Å². The van der Waals surface area contributed by atoms with E-state index in [1.807, 2.05) is 30.9 Å². The van der Waals surface area contributed by atoms with Gasteiger partial charge in [0.05, 0.1) is 13.0 Å². The van der Waals surface area contributed by atoms with Gasteiger partial charge >= 0.3 is 0 Å². The first kappa shape index (κ1) is 24.1. The van der Waals surface area contributed by atoms with Crippen LogP contribution in [0.4, 0.5) is 0 Å². The molecular formula is C29H37N3O2. The van der Waals surface area contributed by atoms with Gasteiger partial charge in [0.2, 0.25) is 5.91 Å². The van der Waals surface area contributed by atoms with Crippen molar-refractivity contribution in [3.05, 3.63) is 71.4 Å². The van der Waals surface area contributed by atoms with E-state index in [2.05, 4.69) is 66.3 Å². The zero-order chi connectivity index (χ0) is 24.2. The van der Waals surface area contributed by atoms with Crippen LogP contribution in [0.2, 0.25) is 0 Å². The van der Waals surface area contributed by atoms with Crippen LogP contribution in [0.15, 0.2) is 54.7 Å². The van der Waals surface area contributed by atoms with E-state index < -0.39 is 0 Å². The second-order valence-electron chi connectivity index (χ2n) is 8.78. The van der Waals surface area contributed by atoms with Crippen LogP contribution in [0.1, 0.15) is 44.4 Å². The fourth-order valence-electron chi connectivity index (χ4n) is 5.43. The summed E-state index contributed by atoms with van der Waals surface area (Å²) in [5, 5.41) is 1.31. The number of ether oxygens (including phenoxy) is 1. The van der Waals surface area contributed by atoms with Crippen molar-refractivity contribution in [2.75, 3.05) is 26.7 Å². The number of aromatic amines is 1. The monoisotopic (exact) mass is 459 g/mol. The van der Waals surface area contributed by atoms with Crippen LogP contribution in [-0.4, -0.2) is 53.5 Å². The fourth-order valence-corrected chi connectivity index (χ4v) is 5.43. The van der Waals surface area contributed by atoms with Crippen molar-refractivity contribution in [3.8, 4) is 5.75 Å². The maximum Gasteiger partial charge on any atom is 0.230 e. The van der Waals surface area contributed by atoms with E-state index in [1.165, 1.54) is 33.2 Å². The Hall–Kier alpha value is -3.05. The molecule has 0 saturated carbocycles. The van der Waals surface area contributed by atoms with Crippen LogP contribution in [-0.2, 0) is 17.8 Å². The largest absolute Gasteiger partial charge is 0.497 e. The number of amides is 1. The summed E-state index contributed by atoms with van der Waals surface area (Å²) >= 11 is 0. The molecule has 2 heterocycles. The summed E-state index contributed by atoms with van der Waals surface area (Å²) in [6.07, 6.45) is 5.37. The molecule has 0 saturated heterocycles. The molecule has 2 unspecified atom stereocenters. The van der Waals surface area contributed by atoms with Gasteiger partial charge in [0.25, 0.3) is 0 Å². The minimum Gasteiger partial charge on any atom is -0.497 e. The van der Waals surface area contributed by atoms with Crippen molar-refractivity contribution >= 4 is 22.4 Å². The smallest absolute Gasteiger partial charge is 0.230 e. The van der Waals surface area contributed by atoms with Gasteiger partial charge in [0, 0.05) is 49.3 Å². The van der Waals surface area contributed by atoms with Gasteiger partial charge in [-0.3, -0.25) is 9.69 Å². The van der Waals surface area contributed by atoms with Crippen molar-refractivity contribution < 1.29 is 9.53 Å². The van der Waals surface area contributed by atoms with E-state index in [-0.39, 0.29) is 17.9 Å². The van der Waals surface area contributed by atoms with E-state index in [9.17, 15) is 4.79 Å². The van der Waals surface area contributed by atoms with Gasteiger partial charge in [0.1, 0.15) is 5.75 Å². The van der Waals surface area contributed by atoms with Gasteiger partial charge in [-0.15, -0.1) is 0 Å². The number of hydrogen-bond acceptors (Lipinski definition) is 3. The standard InChI is InChI=1S/C27H31N3O2.C2H6/c1-4-29(5-2)27(31)20-13-23-22-10-7-11-24-26(22)19(15-28-24)14-25(23)30(17-20)16-18-8-6-9-21(12-18)32-3;1-2/h6-13,15,20,25,28H,4-5,14,16-17H2,1-3H3;1-2H3. The Morgan fingerprint density at radius 3 is 2.65 bits per heavy atom. The highest BCUT2D eigenvalue weighted by Crippen LogP contribution is 2.42. The predicted molar refractivity (Wildman–Crippen MR) is 140 cm³/mol. The lowest BCUT2D eigenvalue weighted by atomic mass is 9.79. The van der Waals surface area contributed by atoms with Gasteiger partial charge in [0.15, 0.2) is 0 Å². The predicted octanol–water partition coefficient (Wildman–Crippen LogP) is 5.51. The number of H-pyrrole nitrogens is 1. The molecule has 1 amide bonds. The van der Waals surface area contributed by atoms with Gasteiger partial charge in [-0.2, -0.15) is 0 Å². The number of hydrogen-bond donors (Lipinski definition) is 1. The minimum absolute atomic E-state index is 0.137. The third-order valence-corrected chi connectivity index (χ3v) is 7.04. The second kappa shape index (κ2) is 10.5. The van der Waals surface area contributed by atoms with Gasteiger partial charge in [-0.25, -0.2) is 0 Å². The molecule has 34 heavy (non-hydrogen) atoms. The highest BCUT2D eigenvalue weighted by molar-refractivity contribution is 5.99. The van der Waals surface area contributed by atoms with Crippen LogP contribution in [0.5, 0.6) is 5.75 Å². The molecule has 3 aromatic rings. The molecule has 5 heteroatoms. The van der Waals surface area contributed by atoms with Crippen LogP contribution in [0.3, 0.4) is 0 Å². The molecule has 1 aliphatic heterocycles. The van der Waals surface area contributed by atoms with Crippen molar-refractivity contribution in [1.82, 2.24) is 14.8 Å². The molecule has 0 fully saturated rings. The molecule has 1 aromatic heterocycles. The summed E-state index contributed by atoms with van der Waals surface area (Å²) in [5.41, 5.74) is 6.30. The van der Waals surface area contributed by atoms with E-state index in [0.717, 1.165) is 38.3 Å². The Labute approximate surface area is 203 Å². The zero-order valence-electron chi connectivity index (χ0n) is 21.1. The zero-order valence-corrected chi connectivity index (χ0v) is 21.1. The van der Waals surface area contributed by atoms with Gasteiger partial charge < -0.3 is 14.6 Å². The lowest BCUT2D eigenvalue weighted by Gasteiger charge is -2.42. The third kappa shape index (κ3) is 4.37. The summed E-state index contributed by atoms with van der Waals surface area (Å²) in [6, 6.07) is 15.0. The summed E-state index contributed by atoms with van der Waals surface area (Å²) in [4.78, 5) is 21.3. The van der Waals surface area contributed by atoms with E-state index in [0.29, 0.717) is 0 Å². The maximum atomic E-state index is 13.4. The topological polar surface area (TPSA) is 48.6 Å². The Bertz CT molecular complexity index is 1180. The molecule has 2 atom stereocenters. The molecule has 0 spiro atoms. The first-order valence-corrected chi connectivity index (χ1v) is 12.6. The maximum absolute atomic E-state index is 13.4. The Morgan fingerprint density at radius 2 is 1.91 bits per heavy atom. The Kier molecular flexibility index (Phi) is 7.42. The number of carbonyl (C=O) groups is 1. The molecular weight excluding hydrogens is 422 g/mol. The molecule has 1 N–H and O–H groups in total. The number of carbonyl (C=O) groups excluding carboxylic acids is 1. The van der Waals surface area contributed by atoms with Crippen LogP contribution < -0.4 is 4.74 Å². The van der Waals surface area contributed by atoms with E-state index >= 15 is 0 Å². The quantitative estimate of drug-likeness (QED) is 0.529. The first-order valence-electron chi connectivity index (χ1n) is 12.6. The van der Waals surface area contributed by atoms with Crippen LogP contribution >= 0.6 is 0 Å². The molecule has 1 aliphatic carbocycles. The number of nitrogens with zero attached hydrogens (tertiary/aromatic N) is 2. The molecule has 0 bridgehead atoms.